The number of amides is 1. The Bertz CT molecular complexity index is 889. The Morgan fingerprint density at radius 2 is 2.24 bits per heavy atom. The van der Waals surface area contributed by atoms with Gasteiger partial charge in [0.15, 0.2) is 5.76 Å². The van der Waals surface area contributed by atoms with Crippen LogP contribution in [0.1, 0.15) is 21.7 Å². The lowest BCUT2D eigenvalue weighted by Crippen LogP contribution is -2.11. The third-order valence-corrected chi connectivity index (χ3v) is 3.95. The molecule has 6 heteroatoms. The highest BCUT2D eigenvalue weighted by Gasteiger charge is 2.19. The van der Waals surface area contributed by atoms with Crippen LogP contribution in [-0.2, 0) is 0 Å². The lowest BCUT2D eigenvalue weighted by molar-refractivity contribution is 0.0998. The van der Waals surface area contributed by atoms with Crippen LogP contribution in [0.3, 0.4) is 0 Å². The van der Waals surface area contributed by atoms with E-state index < -0.39 is 5.91 Å². The minimum atomic E-state index is -0.456. The molecular weight excluding hydrogens is 291 g/mol. The van der Waals surface area contributed by atoms with Crippen LogP contribution in [0.5, 0.6) is 0 Å². The summed E-state index contributed by atoms with van der Waals surface area (Å²) in [6.45, 7) is 1.69. The zero-order chi connectivity index (χ0) is 15.0. The van der Waals surface area contributed by atoms with E-state index in [9.17, 15) is 9.18 Å². The summed E-state index contributed by atoms with van der Waals surface area (Å²) >= 11 is 1.26. The van der Waals surface area contributed by atoms with Crippen LogP contribution >= 0.6 is 11.3 Å². The van der Waals surface area contributed by atoms with Gasteiger partial charge >= 0.3 is 0 Å². The fourth-order valence-corrected chi connectivity index (χ4v) is 2.80. The molecule has 0 atom stereocenters. The van der Waals surface area contributed by atoms with Crippen molar-refractivity contribution in [2.45, 2.75) is 6.92 Å². The number of nitriles is 1. The van der Waals surface area contributed by atoms with Crippen molar-refractivity contribution in [1.29, 1.82) is 5.26 Å². The second kappa shape index (κ2) is 5.04. The van der Waals surface area contributed by atoms with Gasteiger partial charge in [0.2, 0.25) is 0 Å². The maximum absolute atomic E-state index is 13.3. The summed E-state index contributed by atoms with van der Waals surface area (Å²) in [6.07, 6.45) is 0. The van der Waals surface area contributed by atoms with Crippen LogP contribution in [0.25, 0.3) is 11.0 Å². The molecule has 3 rings (SSSR count). The molecule has 0 bridgehead atoms. The Morgan fingerprint density at radius 1 is 1.43 bits per heavy atom. The summed E-state index contributed by atoms with van der Waals surface area (Å²) in [5.41, 5.74) is 1.41. The highest BCUT2D eigenvalue weighted by Crippen LogP contribution is 2.28. The third kappa shape index (κ3) is 2.28. The number of halogens is 1. The number of thiophene rings is 1. The van der Waals surface area contributed by atoms with Crippen molar-refractivity contribution in [2.24, 2.45) is 0 Å². The quantitative estimate of drug-likeness (QED) is 0.776. The van der Waals surface area contributed by atoms with E-state index >= 15 is 0 Å². The van der Waals surface area contributed by atoms with Crippen molar-refractivity contribution in [2.75, 3.05) is 5.32 Å². The van der Waals surface area contributed by atoms with E-state index in [1.165, 1.54) is 29.5 Å². The van der Waals surface area contributed by atoms with Crippen LogP contribution < -0.4 is 5.32 Å². The first-order valence-electron chi connectivity index (χ1n) is 6.07. The number of nitrogens with zero attached hydrogens (tertiary/aromatic N) is 1. The first kappa shape index (κ1) is 13.3. The number of anilines is 1. The monoisotopic (exact) mass is 300 g/mol. The Morgan fingerprint density at radius 3 is 3.00 bits per heavy atom. The summed E-state index contributed by atoms with van der Waals surface area (Å²) in [5.74, 6) is -0.723. The molecule has 0 spiro atoms. The summed E-state index contributed by atoms with van der Waals surface area (Å²) in [7, 11) is 0. The van der Waals surface area contributed by atoms with E-state index in [2.05, 4.69) is 5.32 Å². The third-order valence-electron chi connectivity index (χ3n) is 3.12. The first-order valence-corrected chi connectivity index (χ1v) is 6.95. The second-order valence-electron chi connectivity index (χ2n) is 4.43. The highest BCUT2D eigenvalue weighted by atomic mass is 32.1. The predicted octanol–water partition coefficient (Wildman–Crippen LogP) is 4.07. The van der Waals surface area contributed by atoms with Crippen molar-refractivity contribution < 1.29 is 13.6 Å². The van der Waals surface area contributed by atoms with Crippen molar-refractivity contribution >= 4 is 33.2 Å². The fraction of sp³-hybridized carbons (Fsp3) is 0.0667. The van der Waals surface area contributed by atoms with Gasteiger partial charge in [0.25, 0.3) is 5.91 Å². The molecule has 3 aromatic rings. The summed E-state index contributed by atoms with van der Waals surface area (Å²) in [5, 5.41) is 14.3. The maximum Gasteiger partial charge on any atom is 0.292 e. The van der Waals surface area contributed by atoms with E-state index in [0.717, 1.165) is 0 Å². The molecule has 1 aromatic carbocycles. The molecule has 0 aliphatic rings. The zero-order valence-corrected chi connectivity index (χ0v) is 11.8. The van der Waals surface area contributed by atoms with Crippen molar-refractivity contribution in [3.05, 3.63) is 52.3 Å². The van der Waals surface area contributed by atoms with Crippen LogP contribution in [0, 0.1) is 24.1 Å². The molecule has 1 amide bonds. The second-order valence-corrected chi connectivity index (χ2v) is 5.34. The number of nitrogens with one attached hydrogen (secondary N) is 1. The van der Waals surface area contributed by atoms with E-state index in [-0.39, 0.29) is 11.6 Å². The van der Waals surface area contributed by atoms with Crippen molar-refractivity contribution in [3.8, 4) is 6.07 Å². The lowest BCUT2D eigenvalue weighted by atomic mass is 10.1. The highest BCUT2D eigenvalue weighted by molar-refractivity contribution is 7.14. The number of carbonyl (C=O) groups is 1. The first-order chi connectivity index (χ1) is 10.1. The van der Waals surface area contributed by atoms with Gasteiger partial charge in [0.1, 0.15) is 22.5 Å². The summed E-state index contributed by atoms with van der Waals surface area (Å²) in [4.78, 5) is 12.3. The summed E-state index contributed by atoms with van der Waals surface area (Å²) in [6, 6.07) is 7.72. The van der Waals surface area contributed by atoms with Crippen LogP contribution in [0.15, 0.2) is 34.1 Å². The fourth-order valence-electron chi connectivity index (χ4n) is 2.06. The molecule has 0 saturated carbocycles. The van der Waals surface area contributed by atoms with E-state index in [0.29, 0.717) is 27.1 Å². The molecular formula is C15H9FN2O2S. The zero-order valence-electron chi connectivity index (χ0n) is 10.9. The predicted molar refractivity (Wildman–Crippen MR) is 77.9 cm³/mol. The van der Waals surface area contributed by atoms with Gasteiger partial charge < -0.3 is 9.73 Å². The van der Waals surface area contributed by atoms with Crippen molar-refractivity contribution in [1.82, 2.24) is 0 Å². The Labute approximate surface area is 123 Å². The number of carbonyl (C=O) groups excluding carboxylic acids is 1. The van der Waals surface area contributed by atoms with Crippen LogP contribution in [0.4, 0.5) is 9.39 Å². The lowest BCUT2D eigenvalue weighted by Gasteiger charge is -2.01. The Balaban J connectivity index is 1.99. The Hall–Kier alpha value is -2.65. The number of hydrogen-bond donors (Lipinski definition) is 1. The van der Waals surface area contributed by atoms with E-state index in [4.69, 9.17) is 9.68 Å². The smallest absolute Gasteiger partial charge is 0.292 e. The van der Waals surface area contributed by atoms with Gasteiger partial charge in [-0.25, -0.2) is 4.39 Å². The molecule has 21 heavy (non-hydrogen) atoms. The standard InChI is InChI=1S/C15H9FN2O2S/c1-8-11-6-10(16)2-3-12(11)20-13(8)14(19)18-15-9(7-17)4-5-21-15/h2-6H,1H3,(H,18,19). The van der Waals surface area contributed by atoms with Gasteiger partial charge in [-0.15, -0.1) is 11.3 Å². The molecule has 0 aliphatic heterocycles. The van der Waals surface area contributed by atoms with Gasteiger partial charge in [-0.3, -0.25) is 4.79 Å². The van der Waals surface area contributed by atoms with Gasteiger partial charge in [-0.2, -0.15) is 5.26 Å². The van der Waals surface area contributed by atoms with E-state index in [1.807, 2.05) is 6.07 Å². The molecule has 4 nitrogen and oxygen atoms in total. The number of rotatable bonds is 2. The van der Waals surface area contributed by atoms with Gasteiger partial charge in [0, 0.05) is 10.9 Å². The minimum Gasteiger partial charge on any atom is -0.451 e. The Kier molecular flexibility index (Phi) is 3.20. The topological polar surface area (TPSA) is 66.0 Å². The average molecular weight is 300 g/mol. The number of hydrogen-bond acceptors (Lipinski definition) is 4. The molecule has 0 saturated heterocycles. The van der Waals surface area contributed by atoms with Gasteiger partial charge in [0.05, 0.1) is 5.56 Å². The molecule has 0 aliphatic carbocycles. The minimum absolute atomic E-state index is 0.118. The number of fused-ring (bicyclic) bond motifs is 1. The largest absolute Gasteiger partial charge is 0.451 e. The van der Waals surface area contributed by atoms with Crippen LogP contribution in [-0.4, -0.2) is 5.91 Å². The summed E-state index contributed by atoms with van der Waals surface area (Å²) < 4.78 is 18.7. The molecule has 0 unspecified atom stereocenters. The van der Waals surface area contributed by atoms with E-state index in [1.54, 1.807) is 18.4 Å². The molecule has 0 fully saturated rings. The van der Waals surface area contributed by atoms with Gasteiger partial charge in [-0.1, -0.05) is 0 Å². The SMILES string of the molecule is Cc1c(C(=O)Nc2sccc2C#N)oc2ccc(F)cc12. The van der Waals surface area contributed by atoms with Crippen LogP contribution in [0.2, 0.25) is 0 Å². The number of aryl methyl sites for hydroxylation is 1. The number of furan rings is 1. The molecule has 0 radical (unpaired) electrons. The molecule has 1 N–H and O–H groups in total. The number of benzene rings is 1. The van der Waals surface area contributed by atoms with Crippen molar-refractivity contribution in [3.63, 3.8) is 0 Å². The normalized spacial score (nSPS) is 10.5. The molecule has 2 heterocycles. The molecule has 104 valence electrons. The molecule has 2 aromatic heterocycles. The average Bonchev–Trinajstić information content (AvgIpc) is 3.04. The maximum atomic E-state index is 13.3. The van der Waals surface area contributed by atoms with Gasteiger partial charge in [-0.05, 0) is 36.6 Å².